The molecule has 128 valence electrons. The standard InChI is InChI=1S/C19H24N2O3/c20-18(17(22)11-12-21-19(23)24)16(15-9-5-2-6-10-15)13-14-7-3-1-4-8-14/h1-10,16-18,21-22H,11-13,20H2,(H,23,24). The first-order chi connectivity index (χ1) is 11.6. The summed E-state index contributed by atoms with van der Waals surface area (Å²) in [5.41, 5.74) is 8.55. The van der Waals surface area contributed by atoms with Crippen molar-refractivity contribution in [2.45, 2.75) is 30.9 Å². The molecule has 0 bridgehead atoms. The fraction of sp³-hybridized carbons (Fsp3) is 0.316. The van der Waals surface area contributed by atoms with E-state index in [1.807, 2.05) is 60.7 Å². The molecule has 0 saturated carbocycles. The molecule has 0 aliphatic carbocycles. The highest BCUT2D eigenvalue weighted by atomic mass is 16.4. The summed E-state index contributed by atoms with van der Waals surface area (Å²) in [5, 5.41) is 21.3. The third-order valence-corrected chi connectivity index (χ3v) is 4.15. The van der Waals surface area contributed by atoms with Gasteiger partial charge < -0.3 is 21.3 Å². The molecule has 0 fully saturated rings. The summed E-state index contributed by atoms with van der Waals surface area (Å²) in [5.74, 6) is -0.0478. The third-order valence-electron chi connectivity index (χ3n) is 4.15. The number of carbonyl (C=O) groups is 1. The Morgan fingerprint density at radius 3 is 2.21 bits per heavy atom. The fourth-order valence-corrected chi connectivity index (χ4v) is 2.83. The molecule has 0 radical (unpaired) electrons. The van der Waals surface area contributed by atoms with E-state index in [1.54, 1.807) is 0 Å². The van der Waals surface area contributed by atoms with Crippen molar-refractivity contribution in [2.24, 2.45) is 5.73 Å². The molecule has 3 unspecified atom stereocenters. The van der Waals surface area contributed by atoms with Gasteiger partial charge in [0.1, 0.15) is 0 Å². The van der Waals surface area contributed by atoms with Crippen LogP contribution in [0.4, 0.5) is 4.79 Å². The number of aliphatic hydroxyl groups is 1. The van der Waals surface area contributed by atoms with Gasteiger partial charge in [0.05, 0.1) is 6.10 Å². The van der Waals surface area contributed by atoms with E-state index in [2.05, 4.69) is 5.32 Å². The van der Waals surface area contributed by atoms with Crippen LogP contribution < -0.4 is 11.1 Å². The van der Waals surface area contributed by atoms with E-state index in [0.29, 0.717) is 0 Å². The van der Waals surface area contributed by atoms with Crippen molar-refractivity contribution >= 4 is 6.09 Å². The van der Waals surface area contributed by atoms with E-state index in [4.69, 9.17) is 10.8 Å². The molecule has 0 heterocycles. The molecule has 3 atom stereocenters. The van der Waals surface area contributed by atoms with E-state index >= 15 is 0 Å². The molecule has 2 rings (SSSR count). The zero-order valence-corrected chi connectivity index (χ0v) is 13.5. The van der Waals surface area contributed by atoms with Gasteiger partial charge in [-0.05, 0) is 24.0 Å². The van der Waals surface area contributed by atoms with Crippen molar-refractivity contribution in [1.82, 2.24) is 5.32 Å². The Balaban J connectivity index is 2.11. The van der Waals surface area contributed by atoms with Gasteiger partial charge in [0.2, 0.25) is 0 Å². The minimum atomic E-state index is -1.10. The molecular weight excluding hydrogens is 304 g/mol. The van der Waals surface area contributed by atoms with Crippen molar-refractivity contribution < 1.29 is 15.0 Å². The maximum atomic E-state index is 10.5. The molecule has 0 aliphatic heterocycles. The summed E-state index contributed by atoms with van der Waals surface area (Å²) in [6, 6.07) is 19.4. The number of benzene rings is 2. The highest BCUT2D eigenvalue weighted by Gasteiger charge is 2.26. The van der Waals surface area contributed by atoms with Crippen LogP contribution in [-0.2, 0) is 6.42 Å². The van der Waals surface area contributed by atoms with Crippen LogP contribution in [0.1, 0.15) is 23.5 Å². The Hall–Kier alpha value is -2.37. The van der Waals surface area contributed by atoms with Gasteiger partial charge in [-0.15, -0.1) is 0 Å². The molecule has 5 nitrogen and oxygen atoms in total. The van der Waals surface area contributed by atoms with Crippen molar-refractivity contribution in [2.75, 3.05) is 6.54 Å². The van der Waals surface area contributed by atoms with Gasteiger partial charge in [-0.3, -0.25) is 0 Å². The summed E-state index contributed by atoms with van der Waals surface area (Å²) in [7, 11) is 0. The number of amides is 1. The minimum Gasteiger partial charge on any atom is -0.465 e. The number of carboxylic acid groups (broad SMARTS) is 1. The third kappa shape index (κ3) is 5.37. The van der Waals surface area contributed by atoms with Crippen molar-refractivity contribution in [3.8, 4) is 0 Å². The van der Waals surface area contributed by atoms with Crippen molar-refractivity contribution in [1.29, 1.82) is 0 Å². The minimum absolute atomic E-state index is 0.0478. The maximum absolute atomic E-state index is 10.5. The molecule has 5 heteroatoms. The van der Waals surface area contributed by atoms with E-state index in [0.717, 1.165) is 17.5 Å². The van der Waals surface area contributed by atoms with Gasteiger partial charge in [0.25, 0.3) is 0 Å². The van der Waals surface area contributed by atoms with Crippen LogP contribution in [-0.4, -0.2) is 35.0 Å². The number of aliphatic hydroxyl groups excluding tert-OH is 1. The molecule has 2 aromatic rings. The van der Waals surface area contributed by atoms with Gasteiger partial charge in [0.15, 0.2) is 0 Å². The number of hydrogen-bond acceptors (Lipinski definition) is 3. The van der Waals surface area contributed by atoms with E-state index in [1.165, 1.54) is 0 Å². The Morgan fingerprint density at radius 2 is 1.62 bits per heavy atom. The number of nitrogens with two attached hydrogens (primary N) is 1. The number of nitrogens with one attached hydrogen (secondary N) is 1. The van der Waals surface area contributed by atoms with Gasteiger partial charge in [0, 0.05) is 18.5 Å². The Morgan fingerprint density at radius 1 is 1.04 bits per heavy atom. The normalized spacial score (nSPS) is 14.6. The van der Waals surface area contributed by atoms with Crippen LogP contribution in [0.2, 0.25) is 0 Å². The van der Waals surface area contributed by atoms with Crippen molar-refractivity contribution in [3.05, 3.63) is 71.8 Å². The highest BCUT2D eigenvalue weighted by Crippen LogP contribution is 2.26. The van der Waals surface area contributed by atoms with Crippen molar-refractivity contribution in [3.63, 3.8) is 0 Å². The monoisotopic (exact) mass is 328 g/mol. The number of rotatable bonds is 8. The van der Waals surface area contributed by atoms with Crippen LogP contribution in [0.3, 0.4) is 0 Å². The first-order valence-corrected chi connectivity index (χ1v) is 8.07. The lowest BCUT2D eigenvalue weighted by Crippen LogP contribution is -2.42. The Bertz CT molecular complexity index is 619. The molecule has 2 aromatic carbocycles. The second kappa shape index (κ2) is 9.05. The summed E-state index contributed by atoms with van der Waals surface area (Å²) in [6.07, 6.45) is -0.883. The lowest BCUT2D eigenvalue weighted by Gasteiger charge is -2.28. The molecule has 0 aromatic heterocycles. The lowest BCUT2D eigenvalue weighted by atomic mass is 9.83. The largest absolute Gasteiger partial charge is 0.465 e. The topological polar surface area (TPSA) is 95.6 Å². The number of hydrogen-bond donors (Lipinski definition) is 4. The average molecular weight is 328 g/mol. The van der Waals surface area contributed by atoms with Gasteiger partial charge in [-0.25, -0.2) is 4.79 Å². The predicted molar refractivity (Wildman–Crippen MR) is 94.0 cm³/mol. The highest BCUT2D eigenvalue weighted by molar-refractivity contribution is 5.64. The van der Waals surface area contributed by atoms with Crippen LogP contribution in [0.15, 0.2) is 60.7 Å². The van der Waals surface area contributed by atoms with E-state index < -0.39 is 18.2 Å². The maximum Gasteiger partial charge on any atom is 0.404 e. The molecule has 1 amide bonds. The quantitative estimate of drug-likeness (QED) is 0.598. The van der Waals surface area contributed by atoms with Crippen LogP contribution >= 0.6 is 0 Å². The van der Waals surface area contributed by atoms with Crippen LogP contribution in [0, 0.1) is 0 Å². The van der Waals surface area contributed by atoms with Gasteiger partial charge in [-0.1, -0.05) is 60.7 Å². The van der Waals surface area contributed by atoms with E-state index in [9.17, 15) is 9.90 Å². The van der Waals surface area contributed by atoms with Gasteiger partial charge in [-0.2, -0.15) is 0 Å². The average Bonchev–Trinajstić information content (AvgIpc) is 2.60. The molecule has 24 heavy (non-hydrogen) atoms. The zero-order valence-electron chi connectivity index (χ0n) is 13.5. The summed E-state index contributed by atoms with van der Waals surface area (Å²) >= 11 is 0. The van der Waals surface area contributed by atoms with E-state index in [-0.39, 0.29) is 18.9 Å². The molecule has 0 aliphatic rings. The zero-order chi connectivity index (χ0) is 17.4. The molecule has 5 N–H and O–H groups in total. The smallest absolute Gasteiger partial charge is 0.404 e. The second-order valence-electron chi connectivity index (χ2n) is 5.87. The molecule has 0 saturated heterocycles. The fourth-order valence-electron chi connectivity index (χ4n) is 2.83. The van der Waals surface area contributed by atoms with Gasteiger partial charge >= 0.3 is 6.09 Å². The Kier molecular flexibility index (Phi) is 6.78. The summed E-state index contributed by atoms with van der Waals surface area (Å²) in [4.78, 5) is 10.5. The summed E-state index contributed by atoms with van der Waals surface area (Å²) in [6.45, 7) is 0.178. The first kappa shape index (κ1) is 18.0. The van der Waals surface area contributed by atoms with Crippen LogP contribution in [0.5, 0.6) is 0 Å². The molecular formula is C19H24N2O3. The summed E-state index contributed by atoms with van der Waals surface area (Å²) < 4.78 is 0. The second-order valence-corrected chi connectivity index (χ2v) is 5.87. The molecule has 0 spiro atoms. The first-order valence-electron chi connectivity index (χ1n) is 8.07. The predicted octanol–water partition coefficient (Wildman–Crippen LogP) is 2.36. The SMILES string of the molecule is NC(C(O)CCNC(=O)O)C(Cc1ccccc1)c1ccccc1. The van der Waals surface area contributed by atoms with Crippen LogP contribution in [0.25, 0.3) is 0 Å². The Labute approximate surface area is 142 Å². The lowest BCUT2D eigenvalue weighted by molar-refractivity contribution is 0.121.